The summed E-state index contributed by atoms with van der Waals surface area (Å²) in [7, 11) is 0. The number of amides is 1. The number of nitrogens with one attached hydrogen (secondary N) is 2. The molecule has 114 valence electrons. The Kier molecular flexibility index (Phi) is 3.22. The van der Waals surface area contributed by atoms with Crippen LogP contribution in [0, 0.1) is 12.8 Å². The fourth-order valence-corrected chi connectivity index (χ4v) is 4.97. The topological polar surface area (TPSA) is 41.1 Å². The third kappa shape index (κ3) is 2.13. The van der Waals surface area contributed by atoms with Gasteiger partial charge in [0.05, 0.1) is 5.56 Å². The van der Waals surface area contributed by atoms with E-state index >= 15 is 0 Å². The second-order valence-corrected chi connectivity index (χ2v) is 7.57. The van der Waals surface area contributed by atoms with Crippen LogP contribution in [0.5, 0.6) is 0 Å². The summed E-state index contributed by atoms with van der Waals surface area (Å²) in [6, 6.07) is 8.21. The standard InChI is InChI=1S/C18H20N2OS/c1-10-7-8-13-14(9-10)22-18-15(13)17(21)19-16(20-18)12-6-4-3-5-11(12)2/h3-6,10,16,20H,7-9H2,1-2H3,(H,19,21)/t10-,16+/m1/s1. The molecule has 0 saturated heterocycles. The zero-order valence-electron chi connectivity index (χ0n) is 12.9. The molecule has 3 nitrogen and oxygen atoms in total. The van der Waals surface area contributed by atoms with E-state index in [-0.39, 0.29) is 12.1 Å². The quantitative estimate of drug-likeness (QED) is 0.834. The third-order valence-electron chi connectivity index (χ3n) is 4.79. The summed E-state index contributed by atoms with van der Waals surface area (Å²) in [6.07, 6.45) is 3.20. The normalized spacial score (nSPS) is 23.3. The number of rotatable bonds is 1. The molecular formula is C18H20N2OS. The molecule has 4 rings (SSSR count). The Morgan fingerprint density at radius 1 is 1.23 bits per heavy atom. The monoisotopic (exact) mass is 312 g/mol. The van der Waals surface area contributed by atoms with Gasteiger partial charge < -0.3 is 10.6 Å². The van der Waals surface area contributed by atoms with Crippen molar-refractivity contribution in [1.82, 2.24) is 5.32 Å². The predicted octanol–water partition coefficient (Wildman–Crippen LogP) is 4.04. The van der Waals surface area contributed by atoms with Crippen molar-refractivity contribution in [2.24, 2.45) is 5.92 Å². The van der Waals surface area contributed by atoms with Crippen molar-refractivity contribution >= 4 is 22.2 Å². The first-order chi connectivity index (χ1) is 10.6. The molecule has 0 unspecified atom stereocenters. The van der Waals surface area contributed by atoms with Crippen molar-refractivity contribution in [2.75, 3.05) is 5.32 Å². The van der Waals surface area contributed by atoms with Crippen LogP contribution in [0.2, 0.25) is 0 Å². The van der Waals surface area contributed by atoms with Crippen molar-refractivity contribution < 1.29 is 4.79 Å². The van der Waals surface area contributed by atoms with Crippen LogP contribution in [0.15, 0.2) is 24.3 Å². The first kappa shape index (κ1) is 13.8. The summed E-state index contributed by atoms with van der Waals surface area (Å²) in [4.78, 5) is 14.1. The molecule has 2 aromatic rings. The third-order valence-corrected chi connectivity index (χ3v) is 5.97. The van der Waals surface area contributed by atoms with E-state index in [1.165, 1.54) is 22.4 Å². The smallest absolute Gasteiger partial charge is 0.256 e. The molecule has 0 saturated carbocycles. The van der Waals surface area contributed by atoms with Gasteiger partial charge in [-0.05, 0) is 48.8 Å². The lowest BCUT2D eigenvalue weighted by molar-refractivity contribution is 0.0935. The largest absolute Gasteiger partial charge is 0.353 e. The average molecular weight is 312 g/mol. The number of carbonyl (C=O) groups excluding carboxylic acids is 1. The molecule has 2 atom stereocenters. The summed E-state index contributed by atoms with van der Waals surface area (Å²) in [6.45, 7) is 4.38. The van der Waals surface area contributed by atoms with Crippen LogP contribution < -0.4 is 10.6 Å². The van der Waals surface area contributed by atoms with Gasteiger partial charge in [0.15, 0.2) is 0 Å². The zero-order valence-corrected chi connectivity index (χ0v) is 13.7. The SMILES string of the molecule is Cc1ccccc1[C@H]1NC(=O)c2c(sc3c2CC[C@@H](C)C3)N1. The number of benzene rings is 1. The number of hydrogen-bond acceptors (Lipinski definition) is 3. The molecule has 0 bridgehead atoms. The highest BCUT2D eigenvalue weighted by molar-refractivity contribution is 7.16. The van der Waals surface area contributed by atoms with Crippen molar-refractivity contribution in [1.29, 1.82) is 0 Å². The Hall–Kier alpha value is -1.81. The summed E-state index contributed by atoms with van der Waals surface area (Å²) in [5.74, 6) is 0.803. The highest BCUT2D eigenvalue weighted by Crippen LogP contribution is 2.42. The molecule has 0 fully saturated rings. The number of hydrogen-bond donors (Lipinski definition) is 2. The van der Waals surface area contributed by atoms with E-state index in [1.54, 1.807) is 11.3 Å². The minimum atomic E-state index is -0.126. The van der Waals surface area contributed by atoms with Gasteiger partial charge in [-0.2, -0.15) is 0 Å². The van der Waals surface area contributed by atoms with Crippen LogP contribution in [0.4, 0.5) is 5.00 Å². The fourth-order valence-electron chi connectivity index (χ4n) is 3.53. The summed E-state index contributed by atoms with van der Waals surface area (Å²) in [5.41, 5.74) is 4.52. The Morgan fingerprint density at radius 2 is 2.05 bits per heavy atom. The van der Waals surface area contributed by atoms with E-state index < -0.39 is 0 Å². The maximum Gasteiger partial charge on any atom is 0.256 e. The van der Waals surface area contributed by atoms with Crippen LogP contribution in [0.1, 0.15) is 51.4 Å². The first-order valence-electron chi connectivity index (χ1n) is 7.91. The second-order valence-electron chi connectivity index (χ2n) is 6.46. The summed E-state index contributed by atoms with van der Waals surface area (Å²) >= 11 is 1.78. The molecule has 1 aliphatic carbocycles. The van der Waals surface area contributed by atoms with Gasteiger partial charge in [-0.25, -0.2) is 0 Å². The van der Waals surface area contributed by atoms with Gasteiger partial charge >= 0.3 is 0 Å². The van der Waals surface area contributed by atoms with E-state index in [9.17, 15) is 4.79 Å². The Morgan fingerprint density at radius 3 is 2.86 bits per heavy atom. The lowest BCUT2D eigenvalue weighted by Gasteiger charge is -2.28. The average Bonchev–Trinajstić information content (AvgIpc) is 2.85. The zero-order chi connectivity index (χ0) is 15.3. The van der Waals surface area contributed by atoms with Crippen LogP contribution in [-0.4, -0.2) is 5.91 Å². The maximum atomic E-state index is 12.7. The second kappa shape index (κ2) is 5.13. The Labute approximate surface area is 134 Å². The molecule has 1 aromatic heterocycles. The number of fused-ring (bicyclic) bond motifs is 3. The number of carbonyl (C=O) groups is 1. The fraction of sp³-hybridized carbons (Fsp3) is 0.389. The molecule has 1 aromatic carbocycles. The molecule has 1 aliphatic heterocycles. The highest BCUT2D eigenvalue weighted by atomic mass is 32.1. The number of aryl methyl sites for hydroxylation is 1. The van der Waals surface area contributed by atoms with Gasteiger partial charge in [0.2, 0.25) is 0 Å². The van der Waals surface area contributed by atoms with Gasteiger partial charge in [0.25, 0.3) is 5.91 Å². The number of anilines is 1. The van der Waals surface area contributed by atoms with Crippen molar-refractivity contribution in [3.05, 3.63) is 51.4 Å². The summed E-state index contributed by atoms with van der Waals surface area (Å²) in [5, 5.41) is 7.73. The number of thiophene rings is 1. The Bertz CT molecular complexity index is 750. The predicted molar refractivity (Wildman–Crippen MR) is 90.5 cm³/mol. The molecular weight excluding hydrogens is 292 g/mol. The van der Waals surface area contributed by atoms with E-state index in [0.29, 0.717) is 0 Å². The van der Waals surface area contributed by atoms with E-state index in [4.69, 9.17) is 0 Å². The summed E-state index contributed by atoms with van der Waals surface area (Å²) < 4.78 is 0. The molecule has 0 spiro atoms. The van der Waals surface area contributed by atoms with Crippen molar-refractivity contribution in [3.8, 4) is 0 Å². The van der Waals surface area contributed by atoms with Gasteiger partial charge in [-0.3, -0.25) is 4.79 Å². The lowest BCUT2D eigenvalue weighted by Crippen LogP contribution is -2.38. The van der Waals surface area contributed by atoms with Crippen molar-refractivity contribution in [2.45, 2.75) is 39.3 Å². The minimum absolute atomic E-state index is 0.0778. The molecule has 2 N–H and O–H groups in total. The molecule has 0 radical (unpaired) electrons. The van der Waals surface area contributed by atoms with E-state index in [2.05, 4.69) is 36.6 Å². The molecule has 2 aliphatic rings. The Balaban J connectivity index is 1.73. The van der Waals surface area contributed by atoms with Crippen molar-refractivity contribution in [3.63, 3.8) is 0 Å². The van der Waals surface area contributed by atoms with Crippen LogP contribution in [0.3, 0.4) is 0 Å². The van der Waals surface area contributed by atoms with Gasteiger partial charge in [-0.1, -0.05) is 31.2 Å². The van der Waals surface area contributed by atoms with Crippen LogP contribution in [-0.2, 0) is 12.8 Å². The molecule has 1 amide bonds. The molecule has 4 heteroatoms. The van der Waals surface area contributed by atoms with E-state index in [0.717, 1.165) is 34.9 Å². The maximum absolute atomic E-state index is 12.7. The highest BCUT2D eigenvalue weighted by Gasteiger charge is 2.33. The van der Waals surface area contributed by atoms with Gasteiger partial charge in [0, 0.05) is 4.88 Å². The van der Waals surface area contributed by atoms with Crippen LogP contribution >= 0.6 is 11.3 Å². The molecule has 2 heterocycles. The first-order valence-corrected chi connectivity index (χ1v) is 8.72. The molecule has 22 heavy (non-hydrogen) atoms. The van der Waals surface area contributed by atoms with E-state index in [1.807, 2.05) is 12.1 Å². The van der Waals surface area contributed by atoms with Crippen LogP contribution in [0.25, 0.3) is 0 Å². The van der Waals surface area contributed by atoms with Gasteiger partial charge in [-0.15, -0.1) is 11.3 Å². The van der Waals surface area contributed by atoms with Gasteiger partial charge in [0.1, 0.15) is 11.2 Å². The minimum Gasteiger partial charge on any atom is -0.353 e. The lowest BCUT2D eigenvalue weighted by atomic mass is 9.88.